The largest absolute Gasteiger partial charge is 0.480 e. The molecule has 1 aliphatic rings. The van der Waals surface area contributed by atoms with Gasteiger partial charge in [-0.1, -0.05) is 19.3 Å². The van der Waals surface area contributed by atoms with Crippen molar-refractivity contribution in [2.45, 2.75) is 62.7 Å². The van der Waals surface area contributed by atoms with E-state index in [4.69, 9.17) is 10.8 Å². The average molecular weight is 245 g/mol. The number of carboxylic acid groups (broad SMARTS) is 1. The predicted molar refractivity (Wildman–Crippen MR) is 68.8 cm³/mol. The number of rotatable bonds is 6. The molecule has 0 aliphatic heterocycles. The fourth-order valence-corrected chi connectivity index (χ4v) is 3.34. The zero-order chi connectivity index (χ0) is 12.0. The lowest BCUT2D eigenvalue weighted by atomic mass is 9.98. The van der Waals surface area contributed by atoms with E-state index in [0.29, 0.717) is 6.42 Å². The highest BCUT2D eigenvalue weighted by molar-refractivity contribution is 7.99. The second-order valence-corrected chi connectivity index (χ2v) is 6.37. The van der Waals surface area contributed by atoms with Crippen LogP contribution in [0.2, 0.25) is 0 Å². The zero-order valence-corrected chi connectivity index (χ0v) is 10.9. The van der Waals surface area contributed by atoms with Crippen molar-refractivity contribution in [2.24, 2.45) is 5.73 Å². The van der Waals surface area contributed by atoms with Crippen molar-refractivity contribution in [3.05, 3.63) is 0 Å². The van der Waals surface area contributed by atoms with Gasteiger partial charge in [-0.15, -0.1) is 0 Å². The van der Waals surface area contributed by atoms with E-state index in [1.165, 1.54) is 32.1 Å². The zero-order valence-electron chi connectivity index (χ0n) is 10.1. The Morgan fingerprint density at radius 2 is 2.06 bits per heavy atom. The highest BCUT2D eigenvalue weighted by Gasteiger charge is 2.27. The first-order valence-corrected chi connectivity index (χ1v) is 7.21. The minimum absolute atomic E-state index is 0.571. The number of carbonyl (C=O) groups is 1. The molecule has 1 atom stereocenters. The fraction of sp³-hybridized carbons (Fsp3) is 0.917. The first-order valence-electron chi connectivity index (χ1n) is 6.16. The third-order valence-electron chi connectivity index (χ3n) is 3.23. The average Bonchev–Trinajstić information content (AvgIpc) is 2.26. The van der Waals surface area contributed by atoms with Gasteiger partial charge in [-0.05, 0) is 38.4 Å². The van der Waals surface area contributed by atoms with Gasteiger partial charge in [0.25, 0.3) is 0 Å². The summed E-state index contributed by atoms with van der Waals surface area (Å²) < 4.78 is 0. The van der Waals surface area contributed by atoms with E-state index in [9.17, 15) is 4.79 Å². The van der Waals surface area contributed by atoms with Crippen LogP contribution in [0.3, 0.4) is 0 Å². The summed E-state index contributed by atoms with van der Waals surface area (Å²) in [6, 6.07) is 0. The smallest absolute Gasteiger partial charge is 0.323 e. The molecule has 94 valence electrons. The van der Waals surface area contributed by atoms with E-state index in [1.807, 2.05) is 11.8 Å². The number of hydrogen-bond acceptors (Lipinski definition) is 3. The second-order valence-electron chi connectivity index (χ2n) is 4.96. The Labute approximate surface area is 102 Å². The summed E-state index contributed by atoms with van der Waals surface area (Å²) in [4.78, 5) is 10.8. The lowest BCUT2D eigenvalue weighted by Crippen LogP contribution is -2.44. The van der Waals surface area contributed by atoms with Crippen molar-refractivity contribution >= 4 is 17.7 Å². The topological polar surface area (TPSA) is 63.3 Å². The molecule has 0 aromatic heterocycles. The lowest BCUT2D eigenvalue weighted by Gasteiger charge is -2.22. The molecule has 0 aromatic rings. The normalized spacial score (nSPS) is 21.6. The number of thioether (sulfide) groups is 1. The van der Waals surface area contributed by atoms with Crippen LogP contribution in [0.1, 0.15) is 51.9 Å². The van der Waals surface area contributed by atoms with Crippen LogP contribution in [-0.4, -0.2) is 27.6 Å². The van der Waals surface area contributed by atoms with Crippen LogP contribution in [0, 0.1) is 0 Å². The fourth-order valence-electron chi connectivity index (χ4n) is 2.03. The van der Waals surface area contributed by atoms with Crippen LogP contribution >= 0.6 is 11.8 Å². The first kappa shape index (κ1) is 13.8. The maximum absolute atomic E-state index is 10.8. The summed E-state index contributed by atoms with van der Waals surface area (Å²) in [6.07, 6.45) is 8.26. The van der Waals surface area contributed by atoms with Gasteiger partial charge in [0.15, 0.2) is 0 Å². The highest BCUT2D eigenvalue weighted by Crippen LogP contribution is 2.29. The minimum atomic E-state index is -1.05. The molecule has 1 aliphatic carbocycles. The van der Waals surface area contributed by atoms with Crippen molar-refractivity contribution in [1.82, 2.24) is 0 Å². The maximum Gasteiger partial charge on any atom is 0.323 e. The molecule has 3 N–H and O–H groups in total. The highest BCUT2D eigenvalue weighted by atomic mass is 32.2. The van der Waals surface area contributed by atoms with Gasteiger partial charge in [0, 0.05) is 5.25 Å². The summed E-state index contributed by atoms with van der Waals surface area (Å²) in [7, 11) is 0. The van der Waals surface area contributed by atoms with Gasteiger partial charge in [0.1, 0.15) is 5.54 Å². The molecular weight excluding hydrogens is 222 g/mol. The molecule has 4 heteroatoms. The van der Waals surface area contributed by atoms with Gasteiger partial charge in [0.05, 0.1) is 0 Å². The summed E-state index contributed by atoms with van der Waals surface area (Å²) in [5.74, 6) is 0.153. The van der Waals surface area contributed by atoms with E-state index in [2.05, 4.69) is 0 Å². The van der Waals surface area contributed by atoms with Crippen molar-refractivity contribution in [1.29, 1.82) is 0 Å². The molecule has 0 amide bonds. The standard InChI is InChI=1S/C12H23NO2S/c1-12(13,11(14)15)8-5-9-16-10-6-3-2-4-7-10/h10H,2-9,13H2,1H3,(H,14,15). The van der Waals surface area contributed by atoms with Crippen LogP contribution in [0.4, 0.5) is 0 Å². The Hall–Kier alpha value is -0.220. The summed E-state index contributed by atoms with van der Waals surface area (Å²) >= 11 is 2.00. The molecule has 1 rings (SSSR count). The molecule has 0 radical (unpaired) electrons. The third kappa shape index (κ3) is 4.74. The molecular formula is C12H23NO2S. The van der Waals surface area contributed by atoms with E-state index in [-0.39, 0.29) is 0 Å². The van der Waals surface area contributed by atoms with Gasteiger partial charge >= 0.3 is 5.97 Å². The number of hydrogen-bond donors (Lipinski definition) is 2. The maximum atomic E-state index is 10.8. The molecule has 0 bridgehead atoms. The monoisotopic (exact) mass is 245 g/mol. The van der Waals surface area contributed by atoms with Crippen LogP contribution in [0.5, 0.6) is 0 Å². The molecule has 1 unspecified atom stereocenters. The van der Waals surface area contributed by atoms with E-state index in [0.717, 1.165) is 17.4 Å². The van der Waals surface area contributed by atoms with Gasteiger partial charge in [-0.3, -0.25) is 4.79 Å². The van der Waals surface area contributed by atoms with Crippen LogP contribution < -0.4 is 5.73 Å². The van der Waals surface area contributed by atoms with E-state index >= 15 is 0 Å². The Morgan fingerprint density at radius 1 is 1.44 bits per heavy atom. The molecule has 16 heavy (non-hydrogen) atoms. The molecule has 1 saturated carbocycles. The van der Waals surface area contributed by atoms with Gasteiger partial charge in [0.2, 0.25) is 0 Å². The first-order chi connectivity index (χ1) is 7.52. The molecule has 0 aromatic carbocycles. The van der Waals surface area contributed by atoms with E-state index < -0.39 is 11.5 Å². The summed E-state index contributed by atoms with van der Waals surface area (Å²) in [5, 5.41) is 9.67. The van der Waals surface area contributed by atoms with Gasteiger partial charge in [-0.25, -0.2) is 0 Å². The Morgan fingerprint density at radius 3 is 2.62 bits per heavy atom. The second kappa shape index (κ2) is 6.50. The molecule has 1 fully saturated rings. The van der Waals surface area contributed by atoms with Crippen molar-refractivity contribution < 1.29 is 9.90 Å². The minimum Gasteiger partial charge on any atom is -0.480 e. The van der Waals surface area contributed by atoms with Crippen LogP contribution in [-0.2, 0) is 4.79 Å². The Balaban J connectivity index is 2.09. The summed E-state index contributed by atoms with van der Waals surface area (Å²) in [5.41, 5.74) is 4.62. The molecule has 0 heterocycles. The third-order valence-corrected chi connectivity index (χ3v) is 4.70. The quantitative estimate of drug-likeness (QED) is 0.706. The lowest BCUT2D eigenvalue weighted by molar-refractivity contribution is -0.142. The van der Waals surface area contributed by atoms with Crippen molar-refractivity contribution in [3.8, 4) is 0 Å². The molecule has 0 saturated heterocycles. The van der Waals surface area contributed by atoms with E-state index in [1.54, 1.807) is 6.92 Å². The number of carboxylic acids is 1. The van der Waals surface area contributed by atoms with Gasteiger partial charge < -0.3 is 10.8 Å². The van der Waals surface area contributed by atoms with Crippen LogP contribution in [0.25, 0.3) is 0 Å². The summed E-state index contributed by atoms with van der Waals surface area (Å²) in [6.45, 7) is 1.60. The van der Waals surface area contributed by atoms with Gasteiger partial charge in [-0.2, -0.15) is 11.8 Å². The van der Waals surface area contributed by atoms with Crippen molar-refractivity contribution in [3.63, 3.8) is 0 Å². The Bertz CT molecular complexity index is 225. The molecule has 0 spiro atoms. The van der Waals surface area contributed by atoms with Crippen molar-refractivity contribution in [2.75, 3.05) is 5.75 Å². The van der Waals surface area contributed by atoms with Crippen LogP contribution in [0.15, 0.2) is 0 Å². The SMILES string of the molecule is CC(N)(CCCSC1CCCCC1)C(=O)O. The number of nitrogens with two attached hydrogens (primary N) is 1. The Kier molecular flexibility index (Phi) is 5.62. The number of aliphatic carboxylic acids is 1. The predicted octanol–water partition coefficient (Wildman–Crippen LogP) is 2.63. The molecule has 3 nitrogen and oxygen atoms in total.